The van der Waals surface area contributed by atoms with E-state index >= 15 is 0 Å². The fraction of sp³-hybridized carbons (Fsp3) is 0.368. The first-order valence-electron chi connectivity index (χ1n) is 8.35. The molecule has 0 saturated carbocycles. The van der Waals surface area contributed by atoms with E-state index in [2.05, 4.69) is 34.6 Å². The second kappa shape index (κ2) is 9.64. The molecule has 0 saturated heterocycles. The van der Waals surface area contributed by atoms with Crippen LogP contribution in [0.3, 0.4) is 0 Å². The molecule has 0 atom stereocenters. The van der Waals surface area contributed by atoms with Gasteiger partial charge in [0.2, 0.25) is 0 Å². The van der Waals surface area contributed by atoms with Gasteiger partial charge in [0, 0.05) is 18.7 Å². The number of aromatic nitrogens is 1. The van der Waals surface area contributed by atoms with Crippen molar-refractivity contribution in [3.63, 3.8) is 0 Å². The highest BCUT2D eigenvalue weighted by Gasteiger charge is 2.08. The molecule has 134 valence electrons. The van der Waals surface area contributed by atoms with E-state index in [-0.39, 0.29) is 5.91 Å². The van der Waals surface area contributed by atoms with Crippen LogP contribution in [0.5, 0.6) is 5.75 Å². The number of benzene rings is 1. The largest absolute Gasteiger partial charge is 0.496 e. The standard InChI is InChI=1S/C19H26N4O2/c1-23(2)12-6-11-20-16-9-10-17(21-14-16)19(24)22-13-15-7-4-5-8-18(15)25-3/h4-5,7-10,14,20H,6,11-13H2,1-3H3,(H,22,24). The van der Waals surface area contributed by atoms with Crippen molar-refractivity contribution in [3.8, 4) is 5.75 Å². The highest BCUT2D eigenvalue weighted by atomic mass is 16.5. The van der Waals surface area contributed by atoms with Crippen LogP contribution in [0.15, 0.2) is 42.6 Å². The number of nitrogens with zero attached hydrogens (tertiary/aromatic N) is 2. The quantitative estimate of drug-likeness (QED) is 0.685. The molecule has 2 N–H and O–H groups in total. The predicted molar refractivity (Wildman–Crippen MR) is 100 cm³/mol. The summed E-state index contributed by atoms with van der Waals surface area (Å²) >= 11 is 0. The second-order valence-electron chi connectivity index (χ2n) is 6.01. The first kappa shape index (κ1) is 18.7. The van der Waals surface area contributed by atoms with Crippen LogP contribution >= 0.6 is 0 Å². The van der Waals surface area contributed by atoms with Gasteiger partial charge >= 0.3 is 0 Å². The van der Waals surface area contributed by atoms with E-state index in [0.29, 0.717) is 12.2 Å². The van der Waals surface area contributed by atoms with E-state index in [9.17, 15) is 4.79 Å². The lowest BCUT2D eigenvalue weighted by molar-refractivity contribution is 0.0945. The maximum absolute atomic E-state index is 12.2. The van der Waals surface area contributed by atoms with Crippen molar-refractivity contribution >= 4 is 11.6 Å². The maximum atomic E-state index is 12.2. The number of carbonyl (C=O) groups is 1. The summed E-state index contributed by atoms with van der Waals surface area (Å²) in [6.45, 7) is 2.30. The Labute approximate surface area is 149 Å². The average Bonchev–Trinajstić information content (AvgIpc) is 2.64. The third-order valence-electron chi connectivity index (χ3n) is 3.74. The average molecular weight is 342 g/mol. The normalized spacial score (nSPS) is 10.6. The number of pyridine rings is 1. The zero-order valence-electron chi connectivity index (χ0n) is 15.1. The van der Waals surface area contributed by atoms with Gasteiger partial charge in [0.25, 0.3) is 5.91 Å². The molecule has 0 radical (unpaired) electrons. The number of para-hydroxylation sites is 1. The molecular formula is C19H26N4O2. The lowest BCUT2D eigenvalue weighted by Gasteiger charge is -2.11. The van der Waals surface area contributed by atoms with Crippen LogP contribution in [-0.4, -0.2) is 50.1 Å². The van der Waals surface area contributed by atoms with Crippen molar-refractivity contribution in [1.82, 2.24) is 15.2 Å². The van der Waals surface area contributed by atoms with Crippen LogP contribution in [0.1, 0.15) is 22.5 Å². The number of methoxy groups -OCH3 is 1. The van der Waals surface area contributed by atoms with Gasteiger partial charge < -0.3 is 20.3 Å². The molecule has 0 aliphatic heterocycles. The molecule has 25 heavy (non-hydrogen) atoms. The minimum Gasteiger partial charge on any atom is -0.496 e. The Morgan fingerprint density at radius 1 is 1.20 bits per heavy atom. The van der Waals surface area contributed by atoms with Gasteiger partial charge in [-0.15, -0.1) is 0 Å². The van der Waals surface area contributed by atoms with Crippen LogP contribution in [0.4, 0.5) is 5.69 Å². The fourth-order valence-electron chi connectivity index (χ4n) is 2.38. The van der Waals surface area contributed by atoms with Gasteiger partial charge in [-0.05, 0) is 45.3 Å². The summed E-state index contributed by atoms with van der Waals surface area (Å²) in [7, 11) is 5.73. The third kappa shape index (κ3) is 6.08. The molecule has 2 aromatic rings. The van der Waals surface area contributed by atoms with Crippen molar-refractivity contribution < 1.29 is 9.53 Å². The molecular weight excluding hydrogens is 316 g/mol. The van der Waals surface area contributed by atoms with Crippen molar-refractivity contribution in [2.75, 3.05) is 39.6 Å². The van der Waals surface area contributed by atoms with Crippen molar-refractivity contribution in [3.05, 3.63) is 53.9 Å². The van der Waals surface area contributed by atoms with E-state index in [4.69, 9.17) is 4.74 Å². The number of rotatable bonds is 9. The number of ether oxygens (including phenoxy) is 1. The SMILES string of the molecule is COc1ccccc1CNC(=O)c1ccc(NCCCN(C)C)cn1. The minimum absolute atomic E-state index is 0.204. The fourth-order valence-corrected chi connectivity index (χ4v) is 2.38. The Morgan fingerprint density at radius 3 is 2.68 bits per heavy atom. The van der Waals surface area contributed by atoms with Crippen molar-refractivity contribution in [2.45, 2.75) is 13.0 Å². The first-order chi connectivity index (χ1) is 12.1. The van der Waals surface area contributed by atoms with Gasteiger partial charge in [-0.25, -0.2) is 4.98 Å². The van der Waals surface area contributed by atoms with Crippen LogP contribution < -0.4 is 15.4 Å². The van der Waals surface area contributed by atoms with Gasteiger partial charge in [0.05, 0.1) is 19.0 Å². The number of hydrogen-bond acceptors (Lipinski definition) is 5. The number of amides is 1. The van der Waals surface area contributed by atoms with Crippen LogP contribution in [0.2, 0.25) is 0 Å². The van der Waals surface area contributed by atoms with E-state index in [1.807, 2.05) is 30.3 Å². The molecule has 0 fully saturated rings. The molecule has 0 unspecified atom stereocenters. The van der Waals surface area contributed by atoms with Gasteiger partial charge in [0.15, 0.2) is 0 Å². The molecule has 6 nitrogen and oxygen atoms in total. The van der Waals surface area contributed by atoms with Crippen molar-refractivity contribution in [2.24, 2.45) is 0 Å². The third-order valence-corrected chi connectivity index (χ3v) is 3.74. The van der Waals surface area contributed by atoms with E-state index in [1.165, 1.54) is 0 Å². The molecule has 1 aromatic heterocycles. The lowest BCUT2D eigenvalue weighted by atomic mass is 10.2. The van der Waals surface area contributed by atoms with Gasteiger partial charge in [-0.2, -0.15) is 0 Å². The van der Waals surface area contributed by atoms with Gasteiger partial charge in [-0.3, -0.25) is 4.79 Å². The Balaban J connectivity index is 1.83. The highest BCUT2D eigenvalue weighted by Crippen LogP contribution is 2.16. The zero-order valence-corrected chi connectivity index (χ0v) is 15.1. The summed E-state index contributed by atoms with van der Waals surface area (Å²) in [5.74, 6) is 0.554. The molecule has 0 spiro atoms. The van der Waals surface area contributed by atoms with Crippen LogP contribution in [0, 0.1) is 0 Å². The lowest BCUT2D eigenvalue weighted by Crippen LogP contribution is -2.24. The maximum Gasteiger partial charge on any atom is 0.270 e. The highest BCUT2D eigenvalue weighted by molar-refractivity contribution is 5.92. The molecule has 1 aromatic carbocycles. The molecule has 1 heterocycles. The first-order valence-corrected chi connectivity index (χ1v) is 8.35. The van der Waals surface area contributed by atoms with Gasteiger partial charge in [-0.1, -0.05) is 18.2 Å². The summed E-state index contributed by atoms with van der Waals surface area (Å²) in [5.41, 5.74) is 2.24. The molecule has 6 heteroatoms. The smallest absolute Gasteiger partial charge is 0.270 e. The Kier molecular flexibility index (Phi) is 7.22. The molecule has 0 bridgehead atoms. The van der Waals surface area contributed by atoms with Crippen LogP contribution in [0.25, 0.3) is 0 Å². The molecule has 2 rings (SSSR count). The summed E-state index contributed by atoms with van der Waals surface area (Å²) in [6, 6.07) is 11.2. The number of hydrogen-bond donors (Lipinski definition) is 2. The molecule has 1 amide bonds. The predicted octanol–water partition coefficient (Wildman–Crippen LogP) is 2.38. The Hall–Kier alpha value is -2.60. The van der Waals surface area contributed by atoms with E-state index < -0.39 is 0 Å². The van der Waals surface area contributed by atoms with Crippen LogP contribution in [-0.2, 0) is 6.54 Å². The zero-order chi connectivity index (χ0) is 18.1. The van der Waals surface area contributed by atoms with E-state index in [1.54, 1.807) is 19.4 Å². The number of carbonyl (C=O) groups excluding carboxylic acids is 1. The summed E-state index contributed by atoms with van der Waals surface area (Å²) in [6.07, 6.45) is 2.74. The summed E-state index contributed by atoms with van der Waals surface area (Å²) in [4.78, 5) is 18.6. The van der Waals surface area contributed by atoms with E-state index in [0.717, 1.165) is 36.5 Å². The topological polar surface area (TPSA) is 66.5 Å². The monoisotopic (exact) mass is 342 g/mol. The molecule has 0 aliphatic carbocycles. The Morgan fingerprint density at radius 2 is 2.00 bits per heavy atom. The Bertz CT molecular complexity index is 671. The summed E-state index contributed by atoms with van der Waals surface area (Å²) < 4.78 is 5.28. The van der Waals surface area contributed by atoms with Crippen molar-refractivity contribution in [1.29, 1.82) is 0 Å². The second-order valence-corrected chi connectivity index (χ2v) is 6.01. The minimum atomic E-state index is -0.204. The molecule has 0 aliphatic rings. The van der Waals surface area contributed by atoms with Gasteiger partial charge in [0.1, 0.15) is 11.4 Å². The summed E-state index contributed by atoms with van der Waals surface area (Å²) in [5, 5.41) is 6.17. The number of nitrogens with one attached hydrogen (secondary N) is 2. The number of anilines is 1.